The summed E-state index contributed by atoms with van der Waals surface area (Å²) in [4.78, 5) is 20.4. The van der Waals surface area contributed by atoms with Gasteiger partial charge in [0.25, 0.3) is 5.56 Å². The number of hydrogen-bond donors (Lipinski definition) is 1. The average molecular weight is 272 g/mol. The predicted molar refractivity (Wildman–Crippen MR) is 63.2 cm³/mol. The number of nitrogens with one attached hydrogen (secondary N) is 1. The van der Waals surface area contributed by atoms with Crippen LogP contribution in [0.25, 0.3) is 0 Å². The van der Waals surface area contributed by atoms with E-state index in [0.717, 1.165) is 12.4 Å². The highest BCUT2D eigenvalue weighted by Crippen LogP contribution is 2.26. The first kappa shape index (κ1) is 10.7. The van der Waals surface area contributed by atoms with Crippen molar-refractivity contribution in [1.29, 1.82) is 0 Å². The van der Waals surface area contributed by atoms with Crippen molar-refractivity contribution in [2.75, 3.05) is 11.4 Å². The van der Waals surface area contributed by atoms with Crippen LogP contribution in [0.1, 0.15) is 26.2 Å². The molecule has 2 heterocycles. The number of H-pyrrole nitrogens is 1. The van der Waals surface area contributed by atoms with Gasteiger partial charge in [-0.05, 0) is 42.1 Å². The fourth-order valence-electron chi connectivity index (χ4n) is 1.99. The first-order chi connectivity index (χ1) is 7.20. The van der Waals surface area contributed by atoms with E-state index in [1.807, 2.05) is 0 Å². The van der Waals surface area contributed by atoms with E-state index in [9.17, 15) is 4.79 Å². The average Bonchev–Trinajstić information content (AvgIpc) is 2.23. The molecule has 82 valence electrons. The van der Waals surface area contributed by atoms with Crippen LogP contribution in [0.4, 0.5) is 5.82 Å². The first-order valence-electron chi connectivity index (χ1n) is 5.20. The van der Waals surface area contributed by atoms with Gasteiger partial charge in [0.05, 0.1) is 6.33 Å². The van der Waals surface area contributed by atoms with Gasteiger partial charge in [-0.25, -0.2) is 4.98 Å². The molecule has 15 heavy (non-hydrogen) atoms. The lowest BCUT2D eigenvalue weighted by molar-refractivity contribution is 0.480. The summed E-state index contributed by atoms with van der Waals surface area (Å²) in [5, 5.41) is 0. The van der Waals surface area contributed by atoms with Crippen molar-refractivity contribution in [3.8, 4) is 0 Å². The van der Waals surface area contributed by atoms with Gasteiger partial charge in [0.15, 0.2) is 5.82 Å². The number of anilines is 1. The summed E-state index contributed by atoms with van der Waals surface area (Å²) in [6.45, 7) is 3.16. The molecular formula is C10H14BrN3O. The van der Waals surface area contributed by atoms with Gasteiger partial charge >= 0.3 is 0 Å². The summed E-state index contributed by atoms with van der Waals surface area (Å²) in [5.74, 6) is 0.769. The summed E-state index contributed by atoms with van der Waals surface area (Å²) in [6.07, 6.45) is 5.06. The van der Waals surface area contributed by atoms with Gasteiger partial charge in [-0.15, -0.1) is 0 Å². The second-order valence-corrected chi connectivity index (χ2v) is 4.70. The molecule has 1 atom stereocenters. The fourth-order valence-corrected chi connectivity index (χ4v) is 2.43. The SMILES string of the molecule is CC1CCCCN1c1nc[nH]c(=O)c1Br. The van der Waals surface area contributed by atoms with Crippen molar-refractivity contribution in [2.24, 2.45) is 0 Å². The van der Waals surface area contributed by atoms with Gasteiger partial charge < -0.3 is 9.88 Å². The second-order valence-electron chi connectivity index (χ2n) is 3.91. The third-order valence-electron chi connectivity index (χ3n) is 2.85. The molecule has 4 nitrogen and oxygen atoms in total. The third-order valence-corrected chi connectivity index (χ3v) is 3.57. The van der Waals surface area contributed by atoms with Gasteiger partial charge in [-0.3, -0.25) is 4.79 Å². The van der Waals surface area contributed by atoms with Crippen molar-refractivity contribution in [2.45, 2.75) is 32.2 Å². The molecule has 0 radical (unpaired) electrons. The zero-order valence-corrected chi connectivity index (χ0v) is 10.2. The molecule has 1 unspecified atom stereocenters. The monoisotopic (exact) mass is 271 g/mol. The molecule has 1 saturated heterocycles. The lowest BCUT2D eigenvalue weighted by Gasteiger charge is -2.34. The molecule has 0 amide bonds. The maximum Gasteiger partial charge on any atom is 0.267 e. The molecule has 0 aromatic carbocycles. The minimum atomic E-state index is -0.113. The van der Waals surface area contributed by atoms with E-state index in [2.05, 4.69) is 37.7 Å². The number of piperidine rings is 1. The van der Waals surface area contributed by atoms with Crippen molar-refractivity contribution in [3.63, 3.8) is 0 Å². The largest absolute Gasteiger partial charge is 0.353 e. The van der Waals surface area contributed by atoms with E-state index < -0.39 is 0 Å². The number of hydrogen-bond acceptors (Lipinski definition) is 3. The quantitative estimate of drug-likeness (QED) is 0.849. The fraction of sp³-hybridized carbons (Fsp3) is 0.600. The normalized spacial score (nSPS) is 21.7. The molecule has 0 bridgehead atoms. The Balaban J connectivity index is 2.35. The third kappa shape index (κ3) is 2.07. The Bertz CT molecular complexity index is 404. The van der Waals surface area contributed by atoms with Gasteiger partial charge in [-0.1, -0.05) is 0 Å². The highest BCUT2D eigenvalue weighted by atomic mass is 79.9. The molecule has 0 spiro atoms. The van der Waals surface area contributed by atoms with Crippen LogP contribution in [-0.2, 0) is 0 Å². The Hall–Kier alpha value is -0.840. The highest BCUT2D eigenvalue weighted by molar-refractivity contribution is 9.10. The summed E-state index contributed by atoms with van der Waals surface area (Å²) in [6, 6.07) is 0.462. The van der Waals surface area contributed by atoms with Crippen LogP contribution in [0.5, 0.6) is 0 Å². The van der Waals surface area contributed by atoms with Crippen molar-refractivity contribution >= 4 is 21.7 Å². The molecule has 1 aliphatic heterocycles. The van der Waals surface area contributed by atoms with Crippen molar-refractivity contribution < 1.29 is 0 Å². The molecule has 1 fully saturated rings. The van der Waals surface area contributed by atoms with E-state index in [-0.39, 0.29) is 5.56 Å². The van der Waals surface area contributed by atoms with E-state index in [1.165, 1.54) is 25.6 Å². The van der Waals surface area contributed by atoms with Gasteiger partial charge in [-0.2, -0.15) is 0 Å². The topological polar surface area (TPSA) is 49.0 Å². The Morgan fingerprint density at radius 2 is 2.40 bits per heavy atom. The smallest absolute Gasteiger partial charge is 0.267 e. The summed E-state index contributed by atoms with van der Waals surface area (Å²) >= 11 is 3.30. The van der Waals surface area contributed by atoms with Crippen LogP contribution in [0.2, 0.25) is 0 Å². The standard InChI is InChI=1S/C10H14BrN3O/c1-7-4-2-3-5-14(7)9-8(11)10(15)13-6-12-9/h6-7H,2-5H2,1H3,(H,12,13,15). The van der Waals surface area contributed by atoms with E-state index in [1.54, 1.807) is 0 Å². The van der Waals surface area contributed by atoms with Crippen LogP contribution in [0, 0.1) is 0 Å². The van der Waals surface area contributed by atoms with Gasteiger partial charge in [0.2, 0.25) is 0 Å². The molecule has 1 aromatic heterocycles. The summed E-state index contributed by atoms with van der Waals surface area (Å²) in [7, 11) is 0. The zero-order chi connectivity index (χ0) is 10.8. The van der Waals surface area contributed by atoms with Crippen LogP contribution in [-0.4, -0.2) is 22.6 Å². The van der Waals surface area contributed by atoms with Crippen LogP contribution >= 0.6 is 15.9 Å². The highest BCUT2D eigenvalue weighted by Gasteiger charge is 2.22. The molecule has 0 aliphatic carbocycles. The van der Waals surface area contributed by atoms with Crippen LogP contribution < -0.4 is 10.5 Å². The Morgan fingerprint density at radius 3 is 3.13 bits per heavy atom. The molecule has 1 aliphatic rings. The number of halogens is 1. The number of aromatic amines is 1. The second kappa shape index (κ2) is 4.35. The lowest BCUT2D eigenvalue weighted by Crippen LogP contribution is -2.39. The minimum absolute atomic E-state index is 0.113. The Kier molecular flexibility index (Phi) is 3.09. The molecule has 2 rings (SSSR count). The Labute approximate surface area is 96.8 Å². The molecular weight excluding hydrogens is 258 g/mol. The van der Waals surface area contributed by atoms with Crippen molar-refractivity contribution in [1.82, 2.24) is 9.97 Å². The van der Waals surface area contributed by atoms with E-state index in [4.69, 9.17) is 0 Å². The number of aromatic nitrogens is 2. The van der Waals surface area contributed by atoms with E-state index >= 15 is 0 Å². The predicted octanol–water partition coefficient (Wildman–Crippen LogP) is 1.91. The lowest BCUT2D eigenvalue weighted by atomic mass is 10.0. The number of rotatable bonds is 1. The Morgan fingerprint density at radius 1 is 1.60 bits per heavy atom. The molecule has 5 heteroatoms. The number of nitrogens with zero attached hydrogens (tertiary/aromatic N) is 2. The minimum Gasteiger partial charge on any atom is -0.353 e. The zero-order valence-electron chi connectivity index (χ0n) is 8.66. The van der Waals surface area contributed by atoms with E-state index in [0.29, 0.717) is 10.5 Å². The van der Waals surface area contributed by atoms with Gasteiger partial charge in [0, 0.05) is 12.6 Å². The first-order valence-corrected chi connectivity index (χ1v) is 5.99. The summed E-state index contributed by atoms with van der Waals surface area (Å²) < 4.78 is 0.541. The maximum atomic E-state index is 11.4. The van der Waals surface area contributed by atoms with Gasteiger partial charge in [0.1, 0.15) is 4.47 Å². The summed E-state index contributed by atoms with van der Waals surface area (Å²) in [5.41, 5.74) is -0.113. The van der Waals surface area contributed by atoms with Crippen LogP contribution in [0.15, 0.2) is 15.6 Å². The van der Waals surface area contributed by atoms with Crippen LogP contribution in [0.3, 0.4) is 0 Å². The van der Waals surface area contributed by atoms with Crippen molar-refractivity contribution in [3.05, 3.63) is 21.2 Å². The molecule has 0 saturated carbocycles. The maximum absolute atomic E-state index is 11.4. The molecule has 1 N–H and O–H groups in total. The molecule has 1 aromatic rings.